The van der Waals surface area contributed by atoms with Gasteiger partial charge < -0.3 is 4.74 Å². The number of benzene rings is 1. The van der Waals surface area contributed by atoms with Crippen molar-refractivity contribution < 1.29 is 4.74 Å². The molecule has 2 aromatic rings. The summed E-state index contributed by atoms with van der Waals surface area (Å²) in [6.07, 6.45) is 2.31. The third-order valence-corrected chi connectivity index (χ3v) is 4.01. The molecule has 0 unspecified atom stereocenters. The van der Waals surface area contributed by atoms with E-state index in [2.05, 4.69) is 29.9 Å². The molecule has 3 rings (SSSR count). The zero-order chi connectivity index (χ0) is 14.3. The summed E-state index contributed by atoms with van der Waals surface area (Å²) in [4.78, 5) is 9.00. The highest BCUT2D eigenvalue weighted by Gasteiger charge is 2.27. The zero-order valence-electron chi connectivity index (χ0n) is 11.9. The number of methoxy groups -OCH3 is 1. The first kappa shape index (κ1) is 13.4. The van der Waals surface area contributed by atoms with Crippen LogP contribution in [0.15, 0.2) is 18.2 Å². The first-order valence-electron chi connectivity index (χ1n) is 6.79. The van der Waals surface area contributed by atoms with Crippen LogP contribution in [0.3, 0.4) is 0 Å². The van der Waals surface area contributed by atoms with E-state index < -0.39 is 0 Å². The maximum Gasteiger partial charge on any atom is 0.133 e. The van der Waals surface area contributed by atoms with Crippen LogP contribution >= 0.6 is 11.6 Å². The lowest BCUT2D eigenvalue weighted by Gasteiger charge is -2.13. The third-order valence-electron chi connectivity index (χ3n) is 3.81. The number of rotatable bonds is 3. The molecule has 0 saturated heterocycles. The van der Waals surface area contributed by atoms with E-state index in [1.165, 1.54) is 5.56 Å². The maximum absolute atomic E-state index is 6.15. The smallest absolute Gasteiger partial charge is 0.133 e. The Labute approximate surface area is 124 Å². The predicted octanol–water partition coefficient (Wildman–Crippen LogP) is 4.30. The molecule has 0 radical (unpaired) electrons. The topological polar surface area (TPSA) is 35.0 Å². The average molecular weight is 289 g/mol. The Morgan fingerprint density at radius 3 is 2.60 bits per heavy atom. The highest BCUT2D eigenvalue weighted by molar-refractivity contribution is 6.29. The molecule has 0 amide bonds. The number of aryl methyl sites for hydroxylation is 1. The highest BCUT2D eigenvalue weighted by atomic mass is 35.5. The summed E-state index contributed by atoms with van der Waals surface area (Å²) in [5.41, 5.74) is 4.15. The Morgan fingerprint density at radius 1 is 1.20 bits per heavy atom. The van der Waals surface area contributed by atoms with Gasteiger partial charge in [-0.3, -0.25) is 0 Å². The van der Waals surface area contributed by atoms with Gasteiger partial charge in [0.2, 0.25) is 0 Å². The van der Waals surface area contributed by atoms with E-state index in [1.807, 2.05) is 6.07 Å². The summed E-state index contributed by atoms with van der Waals surface area (Å²) in [5.74, 6) is 2.19. The average Bonchev–Trinajstić information content (AvgIpc) is 3.25. The second kappa shape index (κ2) is 5.06. The Morgan fingerprint density at radius 2 is 1.95 bits per heavy atom. The monoisotopic (exact) mass is 288 g/mol. The van der Waals surface area contributed by atoms with E-state index in [0.29, 0.717) is 11.1 Å². The van der Waals surface area contributed by atoms with Gasteiger partial charge in [0.25, 0.3) is 0 Å². The minimum Gasteiger partial charge on any atom is -0.496 e. The fraction of sp³-hybridized carbons (Fsp3) is 0.375. The Balaban J connectivity index is 2.15. The van der Waals surface area contributed by atoms with E-state index in [-0.39, 0.29) is 0 Å². The van der Waals surface area contributed by atoms with Crippen LogP contribution in [-0.4, -0.2) is 17.1 Å². The van der Waals surface area contributed by atoms with Crippen LogP contribution in [0.4, 0.5) is 0 Å². The quantitative estimate of drug-likeness (QED) is 0.790. The van der Waals surface area contributed by atoms with Crippen molar-refractivity contribution in [1.29, 1.82) is 0 Å². The summed E-state index contributed by atoms with van der Waals surface area (Å²) < 4.78 is 5.56. The molecule has 0 N–H and O–H groups in total. The molecule has 1 aliphatic carbocycles. The highest BCUT2D eigenvalue weighted by Crippen LogP contribution is 2.40. The van der Waals surface area contributed by atoms with Crippen LogP contribution in [0.5, 0.6) is 5.75 Å². The Bertz CT molecular complexity index is 666. The largest absolute Gasteiger partial charge is 0.496 e. The second-order valence-corrected chi connectivity index (χ2v) is 5.68. The minimum atomic E-state index is 0.477. The van der Waals surface area contributed by atoms with Gasteiger partial charge in [0.1, 0.15) is 16.7 Å². The van der Waals surface area contributed by atoms with Crippen molar-refractivity contribution in [3.8, 4) is 17.0 Å². The molecule has 104 valence electrons. The molecule has 1 aliphatic rings. The van der Waals surface area contributed by atoms with Crippen molar-refractivity contribution in [2.45, 2.75) is 32.6 Å². The van der Waals surface area contributed by atoms with Gasteiger partial charge in [-0.1, -0.05) is 17.7 Å². The van der Waals surface area contributed by atoms with E-state index in [4.69, 9.17) is 16.3 Å². The molecule has 0 atom stereocenters. The molecule has 1 fully saturated rings. The van der Waals surface area contributed by atoms with Gasteiger partial charge >= 0.3 is 0 Å². The van der Waals surface area contributed by atoms with Gasteiger partial charge in [-0.2, -0.15) is 0 Å². The van der Waals surface area contributed by atoms with Crippen molar-refractivity contribution in [3.63, 3.8) is 0 Å². The molecular formula is C16H17ClN2O. The van der Waals surface area contributed by atoms with Crippen molar-refractivity contribution >= 4 is 11.6 Å². The van der Waals surface area contributed by atoms with E-state index in [1.54, 1.807) is 13.2 Å². The summed E-state index contributed by atoms with van der Waals surface area (Å²) in [5, 5.41) is 0.497. The minimum absolute atomic E-state index is 0.477. The van der Waals surface area contributed by atoms with Crippen molar-refractivity contribution in [3.05, 3.63) is 40.3 Å². The first-order valence-corrected chi connectivity index (χ1v) is 7.17. The molecular weight excluding hydrogens is 272 g/mol. The first-order chi connectivity index (χ1) is 9.60. The molecule has 3 nitrogen and oxygen atoms in total. The van der Waals surface area contributed by atoms with Crippen LogP contribution in [0.1, 0.15) is 35.7 Å². The van der Waals surface area contributed by atoms with Crippen LogP contribution in [0.2, 0.25) is 5.15 Å². The fourth-order valence-electron chi connectivity index (χ4n) is 2.35. The van der Waals surface area contributed by atoms with Gasteiger partial charge in [0, 0.05) is 17.5 Å². The van der Waals surface area contributed by atoms with Crippen molar-refractivity contribution in [2.24, 2.45) is 0 Å². The van der Waals surface area contributed by atoms with Crippen LogP contribution in [0.25, 0.3) is 11.3 Å². The Kier molecular flexibility index (Phi) is 3.38. The molecule has 1 aromatic carbocycles. The van der Waals surface area contributed by atoms with Crippen LogP contribution < -0.4 is 4.74 Å². The SMILES string of the molecule is COc1c(-c2cc(Cl)nc(C3CC3)n2)ccc(C)c1C. The lowest BCUT2D eigenvalue weighted by molar-refractivity contribution is 0.413. The molecule has 0 spiro atoms. The number of halogens is 1. The van der Waals surface area contributed by atoms with E-state index in [9.17, 15) is 0 Å². The number of aromatic nitrogens is 2. The summed E-state index contributed by atoms with van der Waals surface area (Å²) in [7, 11) is 1.69. The number of hydrogen-bond acceptors (Lipinski definition) is 3. The second-order valence-electron chi connectivity index (χ2n) is 5.30. The number of ether oxygens (including phenoxy) is 1. The van der Waals surface area contributed by atoms with Crippen LogP contribution in [-0.2, 0) is 0 Å². The number of nitrogens with zero attached hydrogens (tertiary/aromatic N) is 2. The lowest BCUT2D eigenvalue weighted by atomic mass is 10.0. The maximum atomic E-state index is 6.15. The van der Waals surface area contributed by atoms with Gasteiger partial charge in [-0.05, 0) is 43.9 Å². The van der Waals surface area contributed by atoms with Crippen molar-refractivity contribution in [1.82, 2.24) is 9.97 Å². The molecule has 1 heterocycles. The molecule has 4 heteroatoms. The Hall–Kier alpha value is -1.61. The summed E-state index contributed by atoms with van der Waals surface area (Å²) in [6, 6.07) is 5.93. The van der Waals surface area contributed by atoms with Crippen molar-refractivity contribution in [2.75, 3.05) is 7.11 Å². The van der Waals surface area contributed by atoms with Gasteiger partial charge in [0.15, 0.2) is 0 Å². The number of hydrogen-bond donors (Lipinski definition) is 0. The van der Waals surface area contributed by atoms with Gasteiger partial charge in [-0.15, -0.1) is 0 Å². The van der Waals surface area contributed by atoms with Gasteiger partial charge in [-0.25, -0.2) is 9.97 Å². The normalized spacial score (nSPS) is 14.4. The molecule has 0 aliphatic heterocycles. The zero-order valence-corrected chi connectivity index (χ0v) is 12.7. The third kappa shape index (κ3) is 2.38. The predicted molar refractivity (Wildman–Crippen MR) is 80.5 cm³/mol. The molecule has 20 heavy (non-hydrogen) atoms. The van der Waals surface area contributed by atoms with E-state index in [0.717, 1.165) is 41.2 Å². The fourth-order valence-corrected chi connectivity index (χ4v) is 2.54. The van der Waals surface area contributed by atoms with Crippen LogP contribution in [0, 0.1) is 13.8 Å². The molecule has 1 saturated carbocycles. The standard InChI is InChI=1S/C16H17ClN2O/c1-9-4-7-12(15(20-3)10(9)2)13-8-14(17)19-16(18-13)11-5-6-11/h4,7-8,11H,5-6H2,1-3H3. The van der Waals surface area contributed by atoms with Gasteiger partial charge in [0.05, 0.1) is 12.8 Å². The summed E-state index contributed by atoms with van der Waals surface area (Å²) in [6.45, 7) is 4.13. The van der Waals surface area contributed by atoms with E-state index >= 15 is 0 Å². The molecule has 1 aromatic heterocycles. The molecule has 0 bridgehead atoms. The lowest BCUT2D eigenvalue weighted by Crippen LogP contribution is -1.99. The summed E-state index contributed by atoms with van der Waals surface area (Å²) >= 11 is 6.15.